The number of ketones is 2. The molecule has 1 heterocycles. The number of ether oxygens (including phenoxy) is 1. The second-order valence-electron chi connectivity index (χ2n) is 6.96. The van der Waals surface area contributed by atoms with Crippen molar-refractivity contribution in [2.75, 3.05) is 6.61 Å². The van der Waals surface area contributed by atoms with E-state index < -0.39 is 5.41 Å². The number of Topliss-reactive ketones (excluding diaryl/α,β-unsaturated/α-hetero) is 2. The Labute approximate surface area is 158 Å². The van der Waals surface area contributed by atoms with E-state index in [0.29, 0.717) is 17.7 Å². The number of hydrogen-bond acceptors (Lipinski definition) is 3. The molecule has 134 valence electrons. The van der Waals surface area contributed by atoms with Gasteiger partial charge in [-0.2, -0.15) is 0 Å². The predicted octanol–water partition coefficient (Wildman–Crippen LogP) is 4.82. The average Bonchev–Trinajstić information content (AvgIpc) is 3.09. The molecule has 0 fully saturated rings. The van der Waals surface area contributed by atoms with Crippen molar-refractivity contribution in [3.63, 3.8) is 0 Å². The minimum atomic E-state index is -0.471. The smallest absolute Gasteiger partial charge is 0.159 e. The van der Waals surface area contributed by atoms with Gasteiger partial charge in [-0.15, -0.1) is 0 Å². The van der Waals surface area contributed by atoms with Crippen molar-refractivity contribution in [2.45, 2.75) is 19.3 Å². The van der Waals surface area contributed by atoms with E-state index in [9.17, 15) is 9.59 Å². The standard InChI is InChI=1S/C24H20O3/c1-16(25)18-7-11-20(12-8-18)24(15-27-23-6-4-3-5-22(23)24)21-13-9-19(10-14-21)17(2)26/h3-14H,15H2,1-2H3. The molecule has 0 aliphatic carbocycles. The van der Waals surface area contributed by atoms with E-state index in [4.69, 9.17) is 4.74 Å². The zero-order chi connectivity index (χ0) is 19.0. The second kappa shape index (κ2) is 6.51. The van der Waals surface area contributed by atoms with E-state index in [2.05, 4.69) is 6.07 Å². The zero-order valence-corrected chi connectivity index (χ0v) is 15.4. The van der Waals surface area contributed by atoms with E-state index in [0.717, 1.165) is 22.4 Å². The molecule has 0 radical (unpaired) electrons. The number of carbonyl (C=O) groups excluding carboxylic acids is 2. The summed E-state index contributed by atoms with van der Waals surface area (Å²) in [5.74, 6) is 0.956. The molecule has 3 aromatic carbocycles. The number of para-hydroxylation sites is 1. The summed E-state index contributed by atoms with van der Waals surface area (Å²) >= 11 is 0. The minimum Gasteiger partial charge on any atom is -0.492 e. The number of fused-ring (bicyclic) bond motifs is 1. The SMILES string of the molecule is CC(=O)c1ccc(C2(c3ccc(C(C)=O)cc3)COc3ccccc32)cc1. The monoisotopic (exact) mass is 356 g/mol. The first-order valence-electron chi connectivity index (χ1n) is 8.97. The lowest BCUT2D eigenvalue weighted by atomic mass is 9.70. The highest BCUT2D eigenvalue weighted by atomic mass is 16.5. The second-order valence-corrected chi connectivity index (χ2v) is 6.96. The van der Waals surface area contributed by atoms with Crippen molar-refractivity contribution in [2.24, 2.45) is 0 Å². The van der Waals surface area contributed by atoms with Crippen molar-refractivity contribution in [1.82, 2.24) is 0 Å². The number of rotatable bonds is 4. The Hall–Kier alpha value is -3.20. The molecule has 3 heteroatoms. The van der Waals surface area contributed by atoms with Crippen LogP contribution < -0.4 is 4.74 Å². The van der Waals surface area contributed by atoms with Crippen LogP contribution in [0.3, 0.4) is 0 Å². The van der Waals surface area contributed by atoms with Gasteiger partial charge in [0.15, 0.2) is 11.6 Å². The van der Waals surface area contributed by atoms with Gasteiger partial charge in [0.05, 0.1) is 5.41 Å². The molecule has 3 nitrogen and oxygen atoms in total. The minimum absolute atomic E-state index is 0.0458. The molecule has 1 aliphatic rings. The fraction of sp³-hybridized carbons (Fsp3) is 0.167. The maximum atomic E-state index is 11.7. The number of carbonyl (C=O) groups is 2. The fourth-order valence-corrected chi connectivity index (χ4v) is 3.83. The third-order valence-corrected chi connectivity index (χ3v) is 5.36. The number of hydrogen-bond donors (Lipinski definition) is 0. The van der Waals surface area contributed by atoms with Crippen molar-refractivity contribution in [3.05, 3.63) is 101 Å². The summed E-state index contributed by atoms with van der Waals surface area (Å²) < 4.78 is 6.04. The van der Waals surface area contributed by atoms with Gasteiger partial charge >= 0.3 is 0 Å². The van der Waals surface area contributed by atoms with Crippen LogP contribution in [0.4, 0.5) is 0 Å². The first-order valence-corrected chi connectivity index (χ1v) is 8.97. The first-order chi connectivity index (χ1) is 13.0. The van der Waals surface area contributed by atoms with Crippen molar-refractivity contribution in [3.8, 4) is 5.75 Å². The summed E-state index contributed by atoms with van der Waals surface area (Å²) in [5.41, 5.74) is 4.12. The van der Waals surface area contributed by atoms with Crippen LogP contribution in [0.1, 0.15) is 51.3 Å². The van der Waals surface area contributed by atoms with Crippen LogP contribution in [0, 0.1) is 0 Å². The van der Waals surface area contributed by atoms with Crippen LogP contribution in [0.2, 0.25) is 0 Å². The summed E-state index contributed by atoms with van der Waals surface area (Å²) in [7, 11) is 0. The molecule has 27 heavy (non-hydrogen) atoms. The molecule has 4 rings (SSSR count). The Morgan fingerprint density at radius 1 is 0.741 bits per heavy atom. The summed E-state index contributed by atoms with van der Waals surface area (Å²) in [6.45, 7) is 3.61. The van der Waals surface area contributed by atoms with Gasteiger partial charge in [-0.05, 0) is 31.0 Å². The molecule has 0 unspecified atom stereocenters. The summed E-state index contributed by atoms with van der Waals surface area (Å²) in [6, 6.07) is 23.5. The van der Waals surface area contributed by atoms with E-state index in [1.54, 1.807) is 13.8 Å². The summed E-state index contributed by atoms with van der Waals surface area (Å²) in [6.07, 6.45) is 0. The normalized spacial score (nSPS) is 14.3. The molecule has 1 aliphatic heterocycles. The average molecular weight is 356 g/mol. The predicted molar refractivity (Wildman–Crippen MR) is 105 cm³/mol. The lowest BCUT2D eigenvalue weighted by Gasteiger charge is -2.30. The molecule has 0 saturated carbocycles. The van der Waals surface area contributed by atoms with Gasteiger partial charge in [0.1, 0.15) is 12.4 Å². The van der Waals surface area contributed by atoms with E-state index in [-0.39, 0.29) is 11.6 Å². The molecule has 0 amide bonds. The largest absolute Gasteiger partial charge is 0.492 e. The molecule has 0 aromatic heterocycles. The third-order valence-electron chi connectivity index (χ3n) is 5.36. The quantitative estimate of drug-likeness (QED) is 0.630. The Morgan fingerprint density at radius 2 is 1.22 bits per heavy atom. The zero-order valence-electron chi connectivity index (χ0n) is 15.4. The highest BCUT2D eigenvalue weighted by molar-refractivity contribution is 5.94. The molecule has 0 spiro atoms. The van der Waals surface area contributed by atoms with E-state index in [1.807, 2.05) is 66.7 Å². The van der Waals surface area contributed by atoms with Gasteiger partial charge in [-0.1, -0.05) is 66.7 Å². The van der Waals surface area contributed by atoms with Crippen LogP contribution in [0.5, 0.6) is 5.75 Å². The van der Waals surface area contributed by atoms with Crippen molar-refractivity contribution < 1.29 is 14.3 Å². The molecule has 0 N–H and O–H groups in total. The maximum Gasteiger partial charge on any atom is 0.159 e. The molecular formula is C24H20O3. The molecule has 3 aromatic rings. The van der Waals surface area contributed by atoms with Crippen molar-refractivity contribution >= 4 is 11.6 Å². The van der Waals surface area contributed by atoms with E-state index >= 15 is 0 Å². The van der Waals surface area contributed by atoms with Gasteiger partial charge in [0, 0.05) is 16.7 Å². The van der Waals surface area contributed by atoms with Crippen LogP contribution in [0.25, 0.3) is 0 Å². The highest BCUT2D eigenvalue weighted by Gasteiger charge is 2.43. The Bertz CT molecular complexity index is 957. The van der Waals surface area contributed by atoms with Crippen LogP contribution >= 0.6 is 0 Å². The Kier molecular flexibility index (Phi) is 4.15. The molecule has 0 atom stereocenters. The fourth-order valence-electron chi connectivity index (χ4n) is 3.83. The summed E-state index contributed by atoms with van der Waals surface area (Å²) in [4.78, 5) is 23.3. The van der Waals surface area contributed by atoms with Crippen LogP contribution in [-0.2, 0) is 5.41 Å². The molecule has 0 saturated heterocycles. The van der Waals surface area contributed by atoms with Gasteiger partial charge < -0.3 is 4.74 Å². The third kappa shape index (κ3) is 2.76. The lowest BCUT2D eigenvalue weighted by Crippen LogP contribution is -2.31. The van der Waals surface area contributed by atoms with Gasteiger partial charge in [0.2, 0.25) is 0 Å². The number of benzene rings is 3. The molecular weight excluding hydrogens is 336 g/mol. The van der Waals surface area contributed by atoms with Gasteiger partial charge in [0.25, 0.3) is 0 Å². The van der Waals surface area contributed by atoms with Crippen LogP contribution in [-0.4, -0.2) is 18.2 Å². The molecule has 0 bridgehead atoms. The summed E-state index contributed by atoms with van der Waals surface area (Å²) in [5, 5.41) is 0. The van der Waals surface area contributed by atoms with E-state index in [1.165, 1.54) is 0 Å². The Morgan fingerprint density at radius 3 is 1.70 bits per heavy atom. The van der Waals surface area contributed by atoms with Crippen LogP contribution in [0.15, 0.2) is 72.8 Å². The maximum absolute atomic E-state index is 11.7. The van der Waals surface area contributed by atoms with Gasteiger partial charge in [-0.3, -0.25) is 9.59 Å². The topological polar surface area (TPSA) is 43.4 Å². The highest BCUT2D eigenvalue weighted by Crippen LogP contribution is 2.48. The lowest BCUT2D eigenvalue weighted by molar-refractivity contribution is 0.100. The van der Waals surface area contributed by atoms with Crippen molar-refractivity contribution in [1.29, 1.82) is 0 Å². The Balaban J connectivity index is 1.91. The van der Waals surface area contributed by atoms with Gasteiger partial charge in [-0.25, -0.2) is 0 Å². The first kappa shape index (κ1) is 17.2.